The van der Waals surface area contributed by atoms with Crippen LogP contribution in [0.25, 0.3) is 0 Å². The fraction of sp³-hybridized carbons (Fsp3) is 0.889. The second-order valence-electron chi connectivity index (χ2n) is 3.32. The predicted octanol–water partition coefficient (Wildman–Crippen LogP) is 1.87. The van der Waals surface area contributed by atoms with Crippen molar-refractivity contribution in [1.29, 1.82) is 0 Å². The third kappa shape index (κ3) is 3.39. The molecule has 0 aromatic rings. The van der Waals surface area contributed by atoms with Gasteiger partial charge in [-0.25, -0.2) is 0 Å². The Morgan fingerprint density at radius 1 is 1.77 bits per heavy atom. The van der Waals surface area contributed by atoms with Gasteiger partial charge >= 0.3 is 0 Å². The zero-order valence-electron chi connectivity index (χ0n) is 7.88. The van der Waals surface area contributed by atoms with Gasteiger partial charge in [-0.15, -0.1) is 11.6 Å². The van der Waals surface area contributed by atoms with Crippen molar-refractivity contribution < 1.29 is 4.79 Å². The van der Waals surface area contributed by atoms with Gasteiger partial charge < -0.3 is 5.32 Å². The van der Waals surface area contributed by atoms with Gasteiger partial charge in [-0.2, -0.15) is 11.8 Å². The van der Waals surface area contributed by atoms with Gasteiger partial charge in [0.05, 0.1) is 0 Å². The Balaban J connectivity index is 2.28. The molecule has 0 aliphatic carbocycles. The van der Waals surface area contributed by atoms with Crippen LogP contribution in [0.2, 0.25) is 0 Å². The van der Waals surface area contributed by atoms with E-state index in [1.54, 1.807) is 0 Å². The smallest absolute Gasteiger partial charge is 0.238 e. The second kappa shape index (κ2) is 5.76. The molecule has 2 nitrogen and oxygen atoms in total. The van der Waals surface area contributed by atoms with E-state index in [9.17, 15) is 4.79 Å². The molecule has 4 heteroatoms. The van der Waals surface area contributed by atoms with Gasteiger partial charge in [0, 0.05) is 6.54 Å². The average molecular weight is 222 g/mol. The predicted molar refractivity (Wildman–Crippen MR) is 58.4 cm³/mol. The summed E-state index contributed by atoms with van der Waals surface area (Å²) < 4.78 is 0. The van der Waals surface area contributed by atoms with Crippen molar-refractivity contribution in [3.63, 3.8) is 0 Å². The molecular formula is C9H16ClNOS. The maximum absolute atomic E-state index is 11.4. The summed E-state index contributed by atoms with van der Waals surface area (Å²) in [5, 5.41) is 2.51. The average Bonchev–Trinajstić information content (AvgIpc) is 2.65. The minimum Gasteiger partial charge on any atom is -0.355 e. The van der Waals surface area contributed by atoms with Gasteiger partial charge in [-0.3, -0.25) is 4.79 Å². The van der Waals surface area contributed by atoms with E-state index in [-0.39, 0.29) is 11.3 Å². The molecule has 1 aliphatic heterocycles. The van der Waals surface area contributed by atoms with Crippen LogP contribution < -0.4 is 5.32 Å². The van der Waals surface area contributed by atoms with E-state index in [0.29, 0.717) is 5.92 Å². The van der Waals surface area contributed by atoms with Crippen LogP contribution >= 0.6 is 23.4 Å². The van der Waals surface area contributed by atoms with E-state index in [1.165, 1.54) is 0 Å². The molecular weight excluding hydrogens is 206 g/mol. The molecule has 1 heterocycles. The highest BCUT2D eigenvalue weighted by atomic mass is 35.5. The second-order valence-corrected chi connectivity index (χ2v) is 4.94. The minimum atomic E-state index is -0.318. The fourth-order valence-electron chi connectivity index (χ4n) is 1.34. The summed E-state index contributed by atoms with van der Waals surface area (Å²) in [6.45, 7) is 2.77. The van der Waals surface area contributed by atoms with Gasteiger partial charge in [-0.05, 0) is 30.3 Å². The quantitative estimate of drug-likeness (QED) is 0.735. The Labute approximate surface area is 88.8 Å². The Morgan fingerprint density at radius 3 is 3.08 bits per heavy atom. The van der Waals surface area contributed by atoms with E-state index in [4.69, 9.17) is 11.6 Å². The maximum atomic E-state index is 11.4. The highest BCUT2D eigenvalue weighted by Crippen LogP contribution is 2.28. The highest BCUT2D eigenvalue weighted by molar-refractivity contribution is 7.99. The molecule has 0 aromatic carbocycles. The summed E-state index contributed by atoms with van der Waals surface area (Å²) in [4.78, 5) is 11.4. The molecule has 0 saturated carbocycles. The van der Waals surface area contributed by atoms with Crippen LogP contribution in [0.5, 0.6) is 0 Å². The zero-order chi connectivity index (χ0) is 9.68. The van der Waals surface area contributed by atoms with Crippen molar-refractivity contribution in [2.75, 3.05) is 18.1 Å². The first-order chi connectivity index (χ1) is 6.25. The molecule has 0 radical (unpaired) electrons. The van der Waals surface area contributed by atoms with Gasteiger partial charge in [0.25, 0.3) is 0 Å². The van der Waals surface area contributed by atoms with E-state index < -0.39 is 0 Å². The monoisotopic (exact) mass is 221 g/mol. The topological polar surface area (TPSA) is 29.1 Å². The van der Waals surface area contributed by atoms with Crippen molar-refractivity contribution in [1.82, 2.24) is 5.32 Å². The lowest BCUT2D eigenvalue weighted by molar-refractivity contribution is -0.121. The molecule has 76 valence electrons. The Morgan fingerprint density at radius 2 is 2.54 bits per heavy atom. The third-order valence-corrected chi connectivity index (χ3v) is 3.92. The van der Waals surface area contributed by atoms with Crippen LogP contribution in [0.3, 0.4) is 0 Å². The van der Waals surface area contributed by atoms with Gasteiger partial charge in [0.2, 0.25) is 5.91 Å². The lowest BCUT2D eigenvalue weighted by atomic mass is 10.0. The maximum Gasteiger partial charge on any atom is 0.238 e. The molecule has 2 unspecified atom stereocenters. The van der Waals surface area contributed by atoms with Crippen LogP contribution in [0, 0.1) is 5.92 Å². The first kappa shape index (κ1) is 11.2. The molecule has 0 bridgehead atoms. The highest BCUT2D eigenvalue weighted by Gasteiger charge is 2.28. The van der Waals surface area contributed by atoms with Crippen LogP contribution in [-0.2, 0) is 4.79 Å². The summed E-state index contributed by atoms with van der Waals surface area (Å²) in [5.41, 5.74) is 0. The number of hydrogen-bond acceptors (Lipinski definition) is 2. The minimum absolute atomic E-state index is 0.0102. The molecule has 0 aromatic heterocycles. The van der Waals surface area contributed by atoms with Crippen molar-refractivity contribution in [3.8, 4) is 0 Å². The molecule has 1 fully saturated rings. The van der Waals surface area contributed by atoms with Crippen molar-refractivity contribution >= 4 is 29.3 Å². The van der Waals surface area contributed by atoms with Crippen molar-refractivity contribution in [3.05, 3.63) is 0 Å². The number of carbonyl (C=O) groups excluding carboxylic acids is 1. The Bertz CT molecular complexity index is 171. The number of thioether (sulfide) groups is 1. The van der Waals surface area contributed by atoms with Crippen LogP contribution in [0.15, 0.2) is 0 Å². The summed E-state index contributed by atoms with van der Waals surface area (Å²) in [6.07, 6.45) is 2.05. The number of nitrogens with one attached hydrogen (secondary N) is 1. The summed E-state index contributed by atoms with van der Waals surface area (Å²) in [5.74, 6) is 2.57. The number of alkyl halides is 1. The summed E-state index contributed by atoms with van der Waals surface area (Å²) in [6, 6.07) is 0. The fourth-order valence-corrected chi connectivity index (χ4v) is 3.04. The molecule has 1 aliphatic rings. The Kier molecular flexibility index (Phi) is 4.96. The van der Waals surface area contributed by atoms with E-state index in [2.05, 4.69) is 5.32 Å². The molecule has 1 amide bonds. The number of amides is 1. The van der Waals surface area contributed by atoms with E-state index >= 15 is 0 Å². The van der Waals surface area contributed by atoms with Crippen LogP contribution in [0.1, 0.15) is 19.8 Å². The first-order valence-electron chi connectivity index (χ1n) is 4.75. The van der Waals surface area contributed by atoms with Gasteiger partial charge in [-0.1, -0.05) is 6.92 Å². The molecule has 13 heavy (non-hydrogen) atoms. The van der Waals surface area contributed by atoms with Crippen LogP contribution in [0.4, 0.5) is 0 Å². The molecule has 1 rings (SSSR count). The SMILES string of the molecule is CCCNC(=O)C(Cl)C1CCSC1. The van der Waals surface area contributed by atoms with Crippen molar-refractivity contribution in [2.24, 2.45) is 5.92 Å². The third-order valence-electron chi connectivity index (χ3n) is 2.18. The lowest BCUT2D eigenvalue weighted by Gasteiger charge is -2.15. The van der Waals surface area contributed by atoms with E-state index in [0.717, 1.165) is 30.9 Å². The van der Waals surface area contributed by atoms with Gasteiger partial charge in [0.1, 0.15) is 5.38 Å². The normalized spacial score (nSPS) is 24.3. The standard InChI is InChI=1S/C9H16ClNOS/c1-2-4-11-9(12)8(10)7-3-5-13-6-7/h7-8H,2-6H2,1H3,(H,11,12). The number of rotatable bonds is 4. The zero-order valence-corrected chi connectivity index (χ0v) is 9.46. The van der Waals surface area contributed by atoms with Crippen LogP contribution in [-0.4, -0.2) is 29.3 Å². The number of halogens is 1. The molecule has 0 spiro atoms. The molecule has 1 N–H and O–H groups in total. The molecule has 1 saturated heterocycles. The Hall–Kier alpha value is 0.110. The lowest BCUT2D eigenvalue weighted by Crippen LogP contribution is -2.36. The molecule has 2 atom stereocenters. The largest absolute Gasteiger partial charge is 0.355 e. The number of hydrogen-bond donors (Lipinski definition) is 1. The van der Waals surface area contributed by atoms with E-state index in [1.807, 2.05) is 18.7 Å². The summed E-state index contributed by atoms with van der Waals surface area (Å²) >= 11 is 7.94. The first-order valence-corrected chi connectivity index (χ1v) is 6.34. The van der Waals surface area contributed by atoms with Gasteiger partial charge in [0.15, 0.2) is 0 Å². The summed E-state index contributed by atoms with van der Waals surface area (Å²) in [7, 11) is 0. The number of carbonyl (C=O) groups is 1. The van der Waals surface area contributed by atoms with Crippen molar-refractivity contribution in [2.45, 2.75) is 25.1 Å².